The molecule has 1 heteroatoms. The zero-order valence-corrected chi connectivity index (χ0v) is 12.5. The topological polar surface area (TPSA) is 0 Å². The van der Waals surface area contributed by atoms with Crippen LogP contribution in [-0.4, -0.2) is 0 Å². The van der Waals surface area contributed by atoms with Crippen LogP contribution < -0.4 is 0 Å². The van der Waals surface area contributed by atoms with Crippen molar-refractivity contribution < 1.29 is 0 Å². The largest absolute Gasteiger partial charge is 0.113 e. The molecule has 0 N–H and O–H groups in total. The van der Waals surface area contributed by atoms with E-state index in [1.165, 1.54) is 0 Å². The van der Waals surface area contributed by atoms with Crippen molar-refractivity contribution in [1.82, 2.24) is 0 Å². The maximum atomic E-state index is 6.33. The highest BCUT2D eigenvalue weighted by Gasteiger charge is 2.08. The van der Waals surface area contributed by atoms with Gasteiger partial charge in [0, 0.05) is 0 Å². The van der Waals surface area contributed by atoms with Gasteiger partial charge in [0.2, 0.25) is 0 Å². The van der Waals surface area contributed by atoms with Crippen LogP contribution >= 0.6 is 11.6 Å². The highest BCUT2D eigenvalue weighted by atomic mass is 35.5. The predicted octanol–water partition coefficient (Wildman–Crippen LogP) is 6.07. The van der Waals surface area contributed by atoms with E-state index in [1.807, 2.05) is 88.4 Å². The molecule has 0 aliphatic carbocycles. The lowest BCUT2D eigenvalue weighted by Crippen LogP contribution is -1.91. The number of hydrogen-bond acceptors (Lipinski definition) is 0. The molecular weight excluding hydrogens is 240 g/mol. The van der Waals surface area contributed by atoms with Crippen molar-refractivity contribution in [2.45, 2.75) is 33.1 Å². The predicted molar refractivity (Wildman–Crippen MR) is 83.3 cm³/mol. The van der Waals surface area contributed by atoms with Crippen LogP contribution in [0.25, 0.3) is 0 Å². The van der Waals surface area contributed by atoms with E-state index in [4.69, 9.17) is 11.6 Å². The first-order valence-electron chi connectivity index (χ1n) is 6.62. The Morgan fingerprint density at radius 1 is 0.611 bits per heavy atom. The Morgan fingerprint density at radius 2 is 0.889 bits per heavy atom. The minimum atomic E-state index is -0.0441. The van der Waals surface area contributed by atoms with Crippen LogP contribution in [0.3, 0.4) is 0 Å². The number of hydrogen-bond donors (Lipinski definition) is 0. The Labute approximate surface area is 117 Å². The summed E-state index contributed by atoms with van der Waals surface area (Å²) in [7, 11) is 0. The zero-order chi connectivity index (χ0) is 13.8. The van der Waals surface area contributed by atoms with Gasteiger partial charge in [0.15, 0.2) is 0 Å². The minimum absolute atomic E-state index is 0.0441. The Morgan fingerprint density at radius 3 is 1.17 bits per heavy atom. The van der Waals surface area contributed by atoms with Crippen molar-refractivity contribution in [2.75, 3.05) is 0 Å². The summed E-state index contributed by atoms with van der Waals surface area (Å²) in [6, 6.07) is 20.2. The molecule has 0 aliphatic rings. The molecule has 0 atom stereocenters. The van der Waals surface area contributed by atoms with Gasteiger partial charge in [0.05, 0.1) is 5.38 Å². The lowest BCUT2D eigenvalue weighted by Gasteiger charge is -2.09. The maximum absolute atomic E-state index is 6.33. The third-order valence-corrected chi connectivity index (χ3v) is 2.69. The van der Waals surface area contributed by atoms with Gasteiger partial charge in [-0.15, -0.1) is 11.6 Å². The SMILES string of the molecule is CC.CC.ClC(c1ccccc1)c1ccccc1. The Kier molecular flexibility index (Phi) is 10.1. The molecule has 0 saturated heterocycles. The van der Waals surface area contributed by atoms with E-state index in [2.05, 4.69) is 0 Å². The van der Waals surface area contributed by atoms with Crippen molar-refractivity contribution in [2.24, 2.45) is 0 Å². The van der Waals surface area contributed by atoms with Gasteiger partial charge in [-0.05, 0) is 11.1 Å². The molecule has 2 aromatic carbocycles. The molecule has 0 heterocycles. The molecule has 0 saturated carbocycles. The van der Waals surface area contributed by atoms with Crippen molar-refractivity contribution >= 4 is 11.6 Å². The summed E-state index contributed by atoms with van der Waals surface area (Å²) < 4.78 is 0. The second kappa shape index (κ2) is 10.9. The monoisotopic (exact) mass is 262 g/mol. The van der Waals surface area contributed by atoms with E-state index >= 15 is 0 Å². The summed E-state index contributed by atoms with van der Waals surface area (Å²) in [6.07, 6.45) is 0. The molecular formula is C17H23Cl. The van der Waals surface area contributed by atoms with Gasteiger partial charge in [-0.1, -0.05) is 88.4 Å². The van der Waals surface area contributed by atoms with Crippen LogP contribution in [0.1, 0.15) is 44.2 Å². The average Bonchev–Trinajstić information content (AvgIpc) is 2.52. The summed E-state index contributed by atoms with van der Waals surface area (Å²) in [6.45, 7) is 8.00. The molecule has 0 amide bonds. The van der Waals surface area contributed by atoms with Crippen LogP contribution in [0.5, 0.6) is 0 Å². The molecule has 0 unspecified atom stereocenters. The molecule has 0 bridgehead atoms. The summed E-state index contributed by atoms with van der Waals surface area (Å²) in [5.74, 6) is 0. The van der Waals surface area contributed by atoms with E-state index in [0.717, 1.165) is 11.1 Å². The van der Waals surface area contributed by atoms with Crippen molar-refractivity contribution in [3.8, 4) is 0 Å². The average molecular weight is 263 g/mol. The van der Waals surface area contributed by atoms with Gasteiger partial charge in [-0.2, -0.15) is 0 Å². The van der Waals surface area contributed by atoms with E-state index in [1.54, 1.807) is 0 Å². The Balaban J connectivity index is 0.000000659. The first kappa shape index (κ1) is 16.7. The van der Waals surface area contributed by atoms with Crippen molar-refractivity contribution in [1.29, 1.82) is 0 Å². The molecule has 0 spiro atoms. The van der Waals surface area contributed by atoms with E-state index in [9.17, 15) is 0 Å². The Hall–Kier alpha value is -1.27. The number of rotatable bonds is 2. The molecule has 18 heavy (non-hydrogen) atoms. The van der Waals surface area contributed by atoms with Gasteiger partial charge in [0.1, 0.15) is 0 Å². The van der Waals surface area contributed by atoms with Gasteiger partial charge < -0.3 is 0 Å². The highest BCUT2D eigenvalue weighted by molar-refractivity contribution is 6.22. The lowest BCUT2D eigenvalue weighted by molar-refractivity contribution is 1.14. The number of halogens is 1. The first-order valence-corrected chi connectivity index (χ1v) is 7.05. The summed E-state index contributed by atoms with van der Waals surface area (Å²) >= 11 is 6.33. The minimum Gasteiger partial charge on any atom is -0.113 e. The fourth-order valence-electron chi connectivity index (χ4n) is 1.44. The van der Waals surface area contributed by atoms with Crippen LogP contribution in [0.15, 0.2) is 60.7 Å². The summed E-state index contributed by atoms with van der Waals surface area (Å²) in [5.41, 5.74) is 2.28. The zero-order valence-electron chi connectivity index (χ0n) is 11.7. The molecule has 0 aromatic heterocycles. The third kappa shape index (κ3) is 5.37. The number of alkyl halides is 1. The normalized spacial score (nSPS) is 8.78. The molecule has 0 radical (unpaired) electrons. The van der Waals surface area contributed by atoms with Crippen molar-refractivity contribution in [3.63, 3.8) is 0 Å². The second-order valence-corrected chi connectivity index (χ2v) is 3.62. The third-order valence-electron chi connectivity index (χ3n) is 2.18. The van der Waals surface area contributed by atoms with Crippen molar-refractivity contribution in [3.05, 3.63) is 71.8 Å². The van der Waals surface area contributed by atoms with E-state index in [-0.39, 0.29) is 5.38 Å². The molecule has 2 rings (SSSR count). The van der Waals surface area contributed by atoms with Crippen LogP contribution in [0.2, 0.25) is 0 Å². The molecule has 0 nitrogen and oxygen atoms in total. The first-order chi connectivity index (χ1) is 8.88. The summed E-state index contributed by atoms with van der Waals surface area (Å²) in [5, 5.41) is -0.0441. The van der Waals surface area contributed by atoms with Gasteiger partial charge in [-0.25, -0.2) is 0 Å². The van der Waals surface area contributed by atoms with Crippen LogP contribution in [0, 0.1) is 0 Å². The second-order valence-electron chi connectivity index (χ2n) is 3.18. The quantitative estimate of drug-likeness (QED) is 0.577. The lowest BCUT2D eigenvalue weighted by atomic mass is 10.0. The smallest absolute Gasteiger partial charge is 0.0835 e. The van der Waals surface area contributed by atoms with Crippen LogP contribution in [0.4, 0.5) is 0 Å². The van der Waals surface area contributed by atoms with Gasteiger partial charge in [0.25, 0.3) is 0 Å². The summed E-state index contributed by atoms with van der Waals surface area (Å²) in [4.78, 5) is 0. The molecule has 0 fully saturated rings. The highest BCUT2D eigenvalue weighted by Crippen LogP contribution is 2.27. The maximum Gasteiger partial charge on any atom is 0.0835 e. The molecule has 98 valence electrons. The van der Waals surface area contributed by atoms with Gasteiger partial charge in [-0.3, -0.25) is 0 Å². The van der Waals surface area contributed by atoms with E-state index < -0.39 is 0 Å². The molecule has 0 aliphatic heterocycles. The van der Waals surface area contributed by atoms with Gasteiger partial charge >= 0.3 is 0 Å². The fourth-order valence-corrected chi connectivity index (χ4v) is 1.73. The standard InChI is InChI=1S/C13H11Cl.2C2H6/c14-13(11-7-3-1-4-8-11)12-9-5-2-6-10-12;2*1-2/h1-10,13H;2*1-2H3. The molecule has 2 aromatic rings. The van der Waals surface area contributed by atoms with E-state index in [0.29, 0.717) is 0 Å². The van der Waals surface area contributed by atoms with Crippen LogP contribution in [-0.2, 0) is 0 Å². The number of benzene rings is 2. The fraction of sp³-hybridized carbons (Fsp3) is 0.294. The Bertz CT molecular complexity index is 341.